The molecular weight excluding hydrogens is 524 g/mol. The van der Waals surface area contributed by atoms with E-state index in [-0.39, 0.29) is 33.4 Å². The van der Waals surface area contributed by atoms with E-state index < -0.39 is 17.4 Å². The molecule has 6 aliphatic rings. The smallest absolute Gasteiger partial charge is 0.335 e. The Morgan fingerprint density at radius 3 is 2.14 bits per heavy atom. The number of aliphatic carboxylic acids is 1. The average Bonchev–Trinajstić information content (AvgIpc) is 3.51. The first-order chi connectivity index (χ1) is 19.6. The van der Waals surface area contributed by atoms with Crippen LogP contribution < -0.4 is 0 Å². The Kier molecular flexibility index (Phi) is 5.94. The quantitative estimate of drug-likeness (QED) is 0.351. The number of carboxylic acid groups (broad SMARTS) is 2. The summed E-state index contributed by atoms with van der Waals surface area (Å²) in [5.41, 5.74) is 1.01. The third-order valence-corrected chi connectivity index (χ3v) is 15.8. The van der Waals surface area contributed by atoms with Gasteiger partial charge >= 0.3 is 11.9 Å². The Morgan fingerprint density at radius 2 is 1.52 bits per heavy atom. The van der Waals surface area contributed by atoms with Gasteiger partial charge in [0, 0.05) is 5.41 Å². The van der Waals surface area contributed by atoms with Gasteiger partial charge in [-0.15, -0.1) is 0 Å². The van der Waals surface area contributed by atoms with Gasteiger partial charge < -0.3 is 14.9 Å². The van der Waals surface area contributed by atoms with E-state index in [9.17, 15) is 19.8 Å². The fraction of sp³-hybridized carbons (Fsp3) is 0.784. The first-order valence-corrected chi connectivity index (χ1v) is 16.9. The van der Waals surface area contributed by atoms with Gasteiger partial charge in [0.25, 0.3) is 0 Å². The molecule has 0 unspecified atom stereocenters. The van der Waals surface area contributed by atoms with Gasteiger partial charge in [0.15, 0.2) is 0 Å². The van der Waals surface area contributed by atoms with Crippen LogP contribution in [0, 0.1) is 62.6 Å². The van der Waals surface area contributed by atoms with E-state index in [0.717, 1.165) is 44.1 Å². The second-order valence-electron chi connectivity index (χ2n) is 17.3. The lowest BCUT2D eigenvalue weighted by Crippen LogP contribution is -2.67. The molecule has 6 fully saturated rings. The lowest BCUT2D eigenvalue weighted by molar-refractivity contribution is -0.240. The SMILES string of the molecule is CC(C)[C@@H]1CC[C@]2(C(=O)O)CC[C@]3(C)[C@H](CC[C@@H]4[C@@]5(C)C[C@@H]6O[C@]6(c6ccc(C(=O)O)cc6)C(C)(C)[C@@H]5CC[C@]43C)[C@@H]12. The van der Waals surface area contributed by atoms with Crippen molar-refractivity contribution in [2.75, 3.05) is 0 Å². The number of carbonyl (C=O) groups is 2. The van der Waals surface area contributed by atoms with Crippen molar-refractivity contribution in [1.29, 1.82) is 0 Å². The second kappa shape index (κ2) is 8.64. The van der Waals surface area contributed by atoms with E-state index in [1.165, 1.54) is 19.3 Å². The molecule has 0 radical (unpaired) electrons. The van der Waals surface area contributed by atoms with E-state index in [0.29, 0.717) is 41.1 Å². The van der Waals surface area contributed by atoms with Gasteiger partial charge in [0.05, 0.1) is 17.1 Å². The minimum absolute atomic E-state index is 0.0757. The average molecular weight is 577 g/mol. The summed E-state index contributed by atoms with van der Waals surface area (Å²) in [6.07, 6.45) is 9.77. The Hall–Kier alpha value is -1.88. The molecular formula is C37H52O5. The Labute approximate surface area is 252 Å². The van der Waals surface area contributed by atoms with E-state index in [4.69, 9.17) is 4.74 Å². The third kappa shape index (κ3) is 3.20. The van der Waals surface area contributed by atoms with Gasteiger partial charge in [-0.2, -0.15) is 0 Å². The molecule has 5 saturated carbocycles. The molecule has 1 aromatic carbocycles. The summed E-state index contributed by atoms with van der Waals surface area (Å²) in [5, 5.41) is 20.1. The predicted molar refractivity (Wildman–Crippen MR) is 162 cm³/mol. The van der Waals surface area contributed by atoms with Crippen molar-refractivity contribution in [2.45, 2.75) is 118 Å². The normalized spacial score (nSPS) is 50.1. The molecule has 1 saturated heterocycles. The summed E-state index contributed by atoms with van der Waals surface area (Å²) in [7, 11) is 0. The zero-order valence-electron chi connectivity index (χ0n) is 26.8. The van der Waals surface area contributed by atoms with E-state index in [1.807, 2.05) is 12.1 Å². The summed E-state index contributed by atoms with van der Waals surface area (Å²) < 4.78 is 6.79. The van der Waals surface area contributed by atoms with Gasteiger partial charge in [-0.3, -0.25) is 4.79 Å². The molecule has 7 rings (SSSR count). The maximum Gasteiger partial charge on any atom is 0.335 e. The summed E-state index contributed by atoms with van der Waals surface area (Å²) in [5.74, 6) is 1.52. The van der Waals surface area contributed by atoms with Crippen LogP contribution in [0.4, 0.5) is 0 Å². The van der Waals surface area contributed by atoms with Crippen LogP contribution in [0.2, 0.25) is 0 Å². The molecule has 1 aromatic rings. The van der Waals surface area contributed by atoms with Crippen molar-refractivity contribution in [3.8, 4) is 0 Å². The number of fused-ring (bicyclic) bond motifs is 8. The standard InChI is InChI=1S/C37H52O5/c1-21(2)24-14-17-36(31(40)41)19-18-34(6)25(29(24)36)12-13-27-33(5)20-28-37(42-28,23-10-8-22(9-11-23)30(38)39)32(3,4)26(33)15-16-35(27,34)7/h8-11,21,24-29H,12-20H2,1-7H3,(H,38,39)(H,40,41)/t24-,25+,26-,27+,28-,29+,33-,34+,35+,36-,37-/m0/s1. The van der Waals surface area contributed by atoms with Crippen molar-refractivity contribution in [3.05, 3.63) is 35.4 Å². The van der Waals surface area contributed by atoms with Crippen LogP contribution in [0.1, 0.15) is 122 Å². The maximum atomic E-state index is 13.0. The Balaban J connectivity index is 1.24. The molecule has 5 aliphatic carbocycles. The molecule has 0 aromatic heterocycles. The monoisotopic (exact) mass is 576 g/mol. The maximum absolute atomic E-state index is 13.0. The van der Waals surface area contributed by atoms with Gasteiger partial charge in [0.2, 0.25) is 0 Å². The van der Waals surface area contributed by atoms with Crippen molar-refractivity contribution >= 4 is 11.9 Å². The number of epoxide rings is 1. The molecule has 230 valence electrons. The highest BCUT2D eigenvalue weighted by molar-refractivity contribution is 5.87. The van der Waals surface area contributed by atoms with Crippen molar-refractivity contribution in [1.82, 2.24) is 0 Å². The number of ether oxygens (including phenoxy) is 1. The zero-order valence-corrected chi connectivity index (χ0v) is 26.8. The molecule has 0 spiro atoms. The summed E-state index contributed by atoms with van der Waals surface area (Å²) in [4.78, 5) is 24.5. The number of carboxylic acids is 2. The second-order valence-corrected chi connectivity index (χ2v) is 17.3. The highest BCUT2D eigenvalue weighted by atomic mass is 16.6. The lowest BCUT2D eigenvalue weighted by Gasteiger charge is -2.72. The molecule has 42 heavy (non-hydrogen) atoms. The summed E-state index contributed by atoms with van der Waals surface area (Å²) in [6, 6.07) is 7.47. The molecule has 5 nitrogen and oxygen atoms in total. The van der Waals surface area contributed by atoms with Gasteiger partial charge in [-0.1, -0.05) is 60.6 Å². The van der Waals surface area contributed by atoms with Crippen LogP contribution in [0.15, 0.2) is 24.3 Å². The molecule has 2 N–H and O–H groups in total. The van der Waals surface area contributed by atoms with Crippen LogP contribution >= 0.6 is 0 Å². The first kappa shape index (κ1) is 28.9. The van der Waals surface area contributed by atoms with E-state index in [2.05, 4.69) is 48.5 Å². The van der Waals surface area contributed by atoms with Gasteiger partial charge in [-0.25, -0.2) is 4.79 Å². The van der Waals surface area contributed by atoms with E-state index >= 15 is 0 Å². The van der Waals surface area contributed by atoms with Gasteiger partial charge in [0.1, 0.15) is 5.60 Å². The molecule has 5 heteroatoms. The van der Waals surface area contributed by atoms with Crippen LogP contribution in [0.3, 0.4) is 0 Å². The zero-order chi connectivity index (χ0) is 30.3. The molecule has 0 bridgehead atoms. The van der Waals surface area contributed by atoms with Crippen LogP contribution in [0.5, 0.6) is 0 Å². The number of benzene rings is 1. The third-order valence-electron chi connectivity index (χ3n) is 15.8. The summed E-state index contributed by atoms with van der Waals surface area (Å²) >= 11 is 0. The molecule has 0 amide bonds. The first-order valence-electron chi connectivity index (χ1n) is 16.9. The fourth-order valence-electron chi connectivity index (χ4n) is 13.7. The Morgan fingerprint density at radius 1 is 0.833 bits per heavy atom. The van der Waals surface area contributed by atoms with Crippen LogP contribution in [-0.4, -0.2) is 28.3 Å². The lowest BCUT2D eigenvalue weighted by atomic mass is 9.31. The molecule has 11 atom stereocenters. The van der Waals surface area contributed by atoms with Crippen molar-refractivity contribution in [2.24, 2.45) is 62.6 Å². The number of hydrogen-bond donors (Lipinski definition) is 2. The highest BCUT2D eigenvalue weighted by Crippen LogP contribution is 2.81. The number of hydrogen-bond acceptors (Lipinski definition) is 3. The predicted octanol–water partition coefficient (Wildman–Crippen LogP) is 8.41. The largest absolute Gasteiger partial charge is 0.481 e. The highest BCUT2D eigenvalue weighted by Gasteiger charge is 2.79. The number of rotatable bonds is 4. The van der Waals surface area contributed by atoms with Crippen molar-refractivity contribution in [3.63, 3.8) is 0 Å². The van der Waals surface area contributed by atoms with Crippen LogP contribution in [0.25, 0.3) is 0 Å². The molecule has 1 heterocycles. The molecule has 1 aliphatic heterocycles. The van der Waals surface area contributed by atoms with Crippen LogP contribution in [-0.2, 0) is 15.1 Å². The van der Waals surface area contributed by atoms with Gasteiger partial charge in [-0.05, 0) is 127 Å². The van der Waals surface area contributed by atoms with Crippen molar-refractivity contribution < 1.29 is 24.5 Å². The minimum atomic E-state index is -0.890. The topological polar surface area (TPSA) is 87.1 Å². The van der Waals surface area contributed by atoms with E-state index in [1.54, 1.807) is 12.1 Å². The summed E-state index contributed by atoms with van der Waals surface area (Å²) in [6.45, 7) is 17.3. The fourth-order valence-corrected chi connectivity index (χ4v) is 13.7. The minimum Gasteiger partial charge on any atom is -0.481 e. The Bertz CT molecular complexity index is 1320. The number of aromatic carboxylic acids is 1.